The molecule has 0 aliphatic rings. The largest absolute Gasteiger partial charge is 0.733 e. The molecule has 1 atom stereocenters. The third-order valence-corrected chi connectivity index (χ3v) is 3.43. The molecule has 0 heterocycles. The number of para-hydroxylation sites is 1. The van der Waals surface area contributed by atoms with Crippen molar-refractivity contribution in [3.8, 4) is 0 Å². The maximum atomic E-state index is 11.9. The number of carboxylic acid groups (broad SMARTS) is 1. The minimum Gasteiger partial charge on any atom is -0.733 e. The molecule has 0 bridgehead atoms. The molecule has 0 saturated carbocycles. The lowest BCUT2D eigenvalue weighted by molar-refractivity contribution is -0.139. The van der Waals surface area contributed by atoms with Crippen LogP contribution in [0.4, 0.5) is 10.5 Å². The molecule has 2 aromatic rings. The average molecular weight is 345 g/mol. The average Bonchev–Trinajstić information content (AvgIpc) is 2.60. The summed E-state index contributed by atoms with van der Waals surface area (Å²) in [5.74, 6) is -1.19. The Bertz CT molecular complexity index is 720. The number of carbonyl (C=O) groups is 2. The van der Waals surface area contributed by atoms with Gasteiger partial charge in [-0.3, -0.25) is 5.21 Å². The Morgan fingerprint density at radius 2 is 1.76 bits per heavy atom. The van der Waals surface area contributed by atoms with E-state index in [2.05, 4.69) is 5.32 Å². The van der Waals surface area contributed by atoms with Gasteiger partial charge in [0.1, 0.15) is 12.6 Å². The van der Waals surface area contributed by atoms with Gasteiger partial charge in [0.05, 0.1) is 5.69 Å². The summed E-state index contributed by atoms with van der Waals surface area (Å²) in [7, 11) is 0. The number of aliphatic carboxylic acids is 1. The fraction of sp³-hybridized carbons (Fsp3) is 0.176. The van der Waals surface area contributed by atoms with Gasteiger partial charge in [0, 0.05) is 12.0 Å². The van der Waals surface area contributed by atoms with Crippen molar-refractivity contribution in [1.29, 1.82) is 0 Å². The molecule has 1 amide bonds. The number of hydrogen-bond donors (Lipinski definition) is 3. The first kappa shape index (κ1) is 18.2. The highest BCUT2D eigenvalue weighted by Crippen LogP contribution is 2.19. The van der Waals surface area contributed by atoms with Crippen molar-refractivity contribution in [2.24, 2.45) is 0 Å². The summed E-state index contributed by atoms with van der Waals surface area (Å²) in [5, 5.41) is 31.2. The van der Waals surface area contributed by atoms with E-state index in [1.807, 2.05) is 0 Å². The SMILES string of the molecule is O=C(NC(Cc1ccccc1)C(=O)O)OCc1ccccc1N([O-])O. The molecular formula is C17H17N2O6-. The van der Waals surface area contributed by atoms with Crippen LogP contribution in [0.3, 0.4) is 0 Å². The minimum atomic E-state index is -1.19. The van der Waals surface area contributed by atoms with Crippen molar-refractivity contribution in [2.45, 2.75) is 19.1 Å². The van der Waals surface area contributed by atoms with Gasteiger partial charge in [-0.1, -0.05) is 48.5 Å². The highest BCUT2D eigenvalue weighted by molar-refractivity contribution is 5.80. The molecule has 0 aliphatic heterocycles. The summed E-state index contributed by atoms with van der Waals surface area (Å²) in [6, 6.07) is 13.7. The molecule has 0 radical (unpaired) electrons. The van der Waals surface area contributed by atoms with E-state index in [4.69, 9.17) is 9.94 Å². The predicted octanol–water partition coefficient (Wildman–Crippen LogP) is 2.30. The van der Waals surface area contributed by atoms with Crippen LogP contribution in [0.5, 0.6) is 0 Å². The molecule has 3 N–H and O–H groups in total. The molecule has 1 unspecified atom stereocenters. The van der Waals surface area contributed by atoms with Gasteiger partial charge in [-0.05, 0) is 11.6 Å². The van der Waals surface area contributed by atoms with Crippen LogP contribution >= 0.6 is 0 Å². The molecule has 0 aliphatic carbocycles. The fourth-order valence-corrected chi connectivity index (χ4v) is 2.20. The van der Waals surface area contributed by atoms with Crippen molar-refractivity contribution < 1.29 is 24.6 Å². The van der Waals surface area contributed by atoms with Crippen molar-refractivity contribution in [2.75, 3.05) is 5.23 Å². The van der Waals surface area contributed by atoms with E-state index in [1.54, 1.807) is 42.5 Å². The lowest BCUT2D eigenvalue weighted by Crippen LogP contribution is -2.42. The number of carboxylic acids is 1. The number of anilines is 1. The zero-order chi connectivity index (χ0) is 18.2. The van der Waals surface area contributed by atoms with Gasteiger partial charge in [0.2, 0.25) is 0 Å². The second kappa shape index (κ2) is 8.67. The lowest BCUT2D eigenvalue weighted by Gasteiger charge is -2.24. The first-order valence-electron chi connectivity index (χ1n) is 7.41. The van der Waals surface area contributed by atoms with Crippen molar-refractivity contribution in [3.63, 3.8) is 0 Å². The number of amides is 1. The maximum absolute atomic E-state index is 11.9. The van der Waals surface area contributed by atoms with E-state index in [0.29, 0.717) is 0 Å². The highest BCUT2D eigenvalue weighted by atomic mass is 16.8. The van der Waals surface area contributed by atoms with Gasteiger partial charge in [-0.2, -0.15) is 0 Å². The zero-order valence-electron chi connectivity index (χ0n) is 13.2. The Balaban J connectivity index is 1.95. The zero-order valence-corrected chi connectivity index (χ0v) is 13.2. The predicted molar refractivity (Wildman–Crippen MR) is 89.0 cm³/mol. The molecule has 0 spiro atoms. The summed E-state index contributed by atoms with van der Waals surface area (Å²) in [5.41, 5.74) is 0.974. The van der Waals surface area contributed by atoms with Gasteiger partial charge in [-0.15, -0.1) is 0 Å². The van der Waals surface area contributed by atoms with Crippen LogP contribution in [0.25, 0.3) is 0 Å². The molecule has 132 valence electrons. The normalized spacial score (nSPS) is 11.4. The van der Waals surface area contributed by atoms with Gasteiger partial charge >= 0.3 is 12.1 Å². The molecule has 0 fully saturated rings. The Morgan fingerprint density at radius 3 is 2.40 bits per heavy atom. The fourth-order valence-electron chi connectivity index (χ4n) is 2.20. The topological polar surface area (TPSA) is 122 Å². The van der Waals surface area contributed by atoms with Gasteiger partial charge in [0.15, 0.2) is 0 Å². The third-order valence-electron chi connectivity index (χ3n) is 3.43. The third kappa shape index (κ3) is 5.48. The summed E-state index contributed by atoms with van der Waals surface area (Å²) >= 11 is 0. The van der Waals surface area contributed by atoms with Crippen molar-refractivity contribution in [1.82, 2.24) is 5.32 Å². The Labute approximate surface area is 143 Å². The molecule has 2 aromatic carbocycles. The van der Waals surface area contributed by atoms with Crippen molar-refractivity contribution >= 4 is 17.7 Å². The summed E-state index contributed by atoms with van der Waals surface area (Å²) in [4.78, 5) is 23.2. The monoisotopic (exact) mass is 345 g/mol. The number of alkyl carbamates (subject to hydrolysis) is 1. The lowest BCUT2D eigenvalue weighted by atomic mass is 10.1. The Kier molecular flexibility index (Phi) is 6.33. The van der Waals surface area contributed by atoms with Crippen LogP contribution < -0.4 is 10.5 Å². The second-order valence-electron chi connectivity index (χ2n) is 5.20. The second-order valence-corrected chi connectivity index (χ2v) is 5.20. The smallest absolute Gasteiger partial charge is 0.408 e. The number of carbonyl (C=O) groups excluding carboxylic acids is 1. The molecule has 0 aromatic heterocycles. The first-order valence-corrected chi connectivity index (χ1v) is 7.41. The molecule has 8 heteroatoms. The molecule has 0 saturated heterocycles. The number of nitrogens with one attached hydrogen (secondary N) is 1. The number of nitrogens with zero attached hydrogens (tertiary/aromatic N) is 1. The van der Waals surface area contributed by atoms with Gasteiger partial charge < -0.3 is 25.6 Å². The van der Waals surface area contributed by atoms with Crippen LogP contribution in [-0.2, 0) is 22.6 Å². The van der Waals surface area contributed by atoms with Crippen LogP contribution in [-0.4, -0.2) is 28.4 Å². The molecular weight excluding hydrogens is 328 g/mol. The Morgan fingerprint density at radius 1 is 1.12 bits per heavy atom. The summed E-state index contributed by atoms with van der Waals surface area (Å²) < 4.78 is 4.95. The van der Waals surface area contributed by atoms with E-state index in [-0.39, 0.29) is 29.5 Å². The number of rotatable bonds is 7. The first-order chi connectivity index (χ1) is 12.0. The van der Waals surface area contributed by atoms with Crippen molar-refractivity contribution in [3.05, 3.63) is 70.9 Å². The summed E-state index contributed by atoms with van der Waals surface area (Å²) in [6.07, 6.45) is -0.833. The molecule has 8 nitrogen and oxygen atoms in total. The standard InChI is InChI=1S/C17H17N2O6/c20-16(21)14(10-12-6-2-1-3-7-12)18-17(22)25-11-13-8-4-5-9-15(13)19(23)24/h1-9,14,23H,10-11H2,(H,18,22)(H,20,21)/q-1. The van der Waals surface area contributed by atoms with Crippen LogP contribution in [0.1, 0.15) is 11.1 Å². The molecule has 25 heavy (non-hydrogen) atoms. The summed E-state index contributed by atoms with van der Waals surface area (Å²) in [6.45, 7) is -0.293. The van der Waals surface area contributed by atoms with E-state index < -0.39 is 18.1 Å². The van der Waals surface area contributed by atoms with E-state index >= 15 is 0 Å². The van der Waals surface area contributed by atoms with Crippen LogP contribution in [0, 0.1) is 5.21 Å². The van der Waals surface area contributed by atoms with E-state index in [1.165, 1.54) is 12.1 Å². The molecule has 2 rings (SSSR count). The van der Waals surface area contributed by atoms with Crippen LogP contribution in [0.15, 0.2) is 54.6 Å². The Hall–Kier alpha value is -3.10. The van der Waals surface area contributed by atoms with Gasteiger partial charge in [0.25, 0.3) is 0 Å². The van der Waals surface area contributed by atoms with E-state index in [9.17, 15) is 19.9 Å². The van der Waals surface area contributed by atoms with Crippen LogP contribution in [0.2, 0.25) is 0 Å². The number of ether oxygens (including phenoxy) is 1. The highest BCUT2D eigenvalue weighted by Gasteiger charge is 2.21. The van der Waals surface area contributed by atoms with Gasteiger partial charge in [-0.25, -0.2) is 9.59 Å². The maximum Gasteiger partial charge on any atom is 0.408 e. The number of hydrogen-bond acceptors (Lipinski definition) is 6. The quantitative estimate of drug-likeness (QED) is 0.658. The van der Waals surface area contributed by atoms with E-state index in [0.717, 1.165) is 5.56 Å². The number of benzene rings is 2. The minimum absolute atomic E-state index is 0.0608.